The van der Waals surface area contributed by atoms with Crippen molar-refractivity contribution in [1.82, 2.24) is 14.7 Å². The molecule has 0 bridgehead atoms. The molecule has 2 N–H and O–H groups in total. The first-order chi connectivity index (χ1) is 12.5. The summed E-state index contributed by atoms with van der Waals surface area (Å²) >= 11 is 0. The Kier molecular flexibility index (Phi) is 5.68. The predicted molar refractivity (Wildman–Crippen MR) is 94.5 cm³/mol. The number of nitrogens with zero attached hydrogens (tertiary/aromatic N) is 3. The van der Waals surface area contributed by atoms with Crippen LogP contribution in [0.1, 0.15) is 35.6 Å². The third-order valence-corrected chi connectivity index (χ3v) is 4.71. The van der Waals surface area contributed by atoms with Gasteiger partial charge in [0, 0.05) is 25.2 Å². The number of carbonyl (C=O) groups excluding carboxylic acids is 1. The first kappa shape index (κ1) is 18.1. The Balaban J connectivity index is 1.60. The summed E-state index contributed by atoms with van der Waals surface area (Å²) in [5.41, 5.74) is 2.60. The van der Waals surface area contributed by atoms with Crippen LogP contribution in [0.3, 0.4) is 0 Å². The summed E-state index contributed by atoms with van der Waals surface area (Å²) in [6.45, 7) is 1.19. The molecular formula is C19H23N3O4. The van der Waals surface area contributed by atoms with Crippen LogP contribution < -0.4 is 0 Å². The molecule has 3 rings (SSSR count). The van der Waals surface area contributed by atoms with Crippen molar-refractivity contribution < 1.29 is 19.8 Å². The number of aliphatic hydroxyl groups excluding tert-OH is 1. The smallest absolute Gasteiger partial charge is 0.325 e. The Morgan fingerprint density at radius 2 is 1.88 bits per heavy atom. The van der Waals surface area contributed by atoms with Gasteiger partial charge >= 0.3 is 5.97 Å². The van der Waals surface area contributed by atoms with Crippen molar-refractivity contribution >= 4 is 11.9 Å². The highest BCUT2D eigenvalue weighted by Gasteiger charge is 2.26. The van der Waals surface area contributed by atoms with Gasteiger partial charge in [-0.05, 0) is 30.0 Å². The average molecular weight is 357 g/mol. The maximum atomic E-state index is 12.6. The van der Waals surface area contributed by atoms with E-state index in [9.17, 15) is 9.59 Å². The fourth-order valence-corrected chi connectivity index (χ4v) is 3.32. The summed E-state index contributed by atoms with van der Waals surface area (Å²) in [6.07, 6.45) is 3.86. The van der Waals surface area contributed by atoms with E-state index in [-0.39, 0.29) is 25.0 Å². The maximum Gasteiger partial charge on any atom is 0.325 e. The fraction of sp³-hybridized carbons (Fsp3) is 0.421. The van der Waals surface area contributed by atoms with Crippen molar-refractivity contribution in [2.24, 2.45) is 0 Å². The monoisotopic (exact) mass is 357 g/mol. The van der Waals surface area contributed by atoms with Crippen molar-refractivity contribution in [3.05, 3.63) is 53.3 Å². The summed E-state index contributed by atoms with van der Waals surface area (Å²) in [6, 6.07) is 9.25. The van der Waals surface area contributed by atoms with Crippen molar-refractivity contribution in [3.63, 3.8) is 0 Å². The van der Waals surface area contributed by atoms with E-state index in [0.717, 1.165) is 36.2 Å². The molecule has 0 spiro atoms. The molecule has 1 aliphatic heterocycles. The van der Waals surface area contributed by atoms with Gasteiger partial charge in [0.25, 0.3) is 0 Å². The van der Waals surface area contributed by atoms with E-state index in [1.165, 1.54) is 4.68 Å². The normalized spacial score (nSPS) is 17.3. The zero-order chi connectivity index (χ0) is 18.5. The van der Waals surface area contributed by atoms with Crippen LogP contribution in [0.2, 0.25) is 0 Å². The minimum absolute atomic E-state index is 0.00342. The number of carboxylic acid groups (broad SMARTS) is 1. The number of amides is 1. The first-order valence-corrected chi connectivity index (χ1v) is 8.76. The fourth-order valence-electron chi connectivity index (χ4n) is 3.32. The van der Waals surface area contributed by atoms with Crippen LogP contribution in [0.15, 0.2) is 36.5 Å². The second-order valence-electron chi connectivity index (χ2n) is 6.66. The van der Waals surface area contributed by atoms with Crippen LogP contribution >= 0.6 is 0 Å². The lowest BCUT2D eigenvalue weighted by atomic mass is 9.94. The van der Waals surface area contributed by atoms with Gasteiger partial charge in [0.15, 0.2) is 0 Å². The summed E-state index contributed by atoms with van der Waals surface area (Å²) < 4.78 is 1.42. The molecule has 0 saturated carbocycles. The van der Waals surface area contributed by atoms with Crippen molar-refractivity contribution in [1.29, 1.82) is 0 Å². The van der Waals surface area contributed by atoms with Gasteiger partial charge in [-0.3, -0.25) is 14.3 Å². The Bertz CT molecular complexity index is 769. The molecule has 2 heterocycles. The number of carboxylic acids is 1. The molecule has 1 aromatic carbocycles. The van der Waals surface area contributed by atoms with Gasteiger partial charge in [0.05, 0.1) is 18.7 Å². The Labute approximate surface area is 151 Å². The Hall–Kier alpha value is -2.67. The number of likely N-dealkylation sites (tertiary alicyclic amines) is 1. The quantitative estimate of drug-likeness (QED) is 0.815. The molecule has 1 fully saturated rings. The largest absolute Gasteiger partial charge is 0.480 e. The van der Waals surface area contributed by atoms with E-state index >= 15 is 0 Å². The number of benzene rings is 1. The van der Waals surface area contributed by atoms with Gasteiger partial charge in [-0.1, -0.05) is 24.3 Å². The van der Waals surface area contributed by atoms with Crippen LogP contribution in [-0.4, -0.2) is 49.9 Å². The molecule has 0 radical (unpaired) electrons. The number of piperidine rings is 1. The van der Waals surface area contributed by atoms with Gasteiger partial charge in [0.2, 0.25) is 5.91 Å². The average Bonchev–Trinajstić information content (AvgIpc) is 3.10. The topological polar surface area (TPSA) is 95.7 Å². The molecule has 0 aliphatic carbocycles. The molecule has 138 valence electrons. The van der Waals surface area contributed by atoms with Crippen molar-refractivity contribution in [2.45, 2.75) is 38.3 Å². The van der Waals surface area contributed by atoms with Crippen LogP contribution in [0.5, 0.6) is 0 Å². The number of carbonyl (C=O) groups is 2. The van der Waals surface area contributed by atoms with Crippen LogP contribution in [0, 0.1) is 0 Å². The number of aromatic nitrogens is 2. The highest BCUT2D eigenvalue weighted by Crippen LogP contribution is 2.26. The van der Waals surface area contributed by atoms with Gasteiger partial charge in [0.1, 0.15) is 6.54 Å². The molecular weight excluding hydrogens is 334 g/mol. The summed E-state index contributed by atoms with van der Waals surface area (Å²) in [4.78, 5) is 25.3. The number of aliphatic carboxylic acids is 1. The molecule has 1 amide bonds. The maximum absolute atomic E-state index is 12.6. The summed E-state index contributed by atoms with van der Waals surface area (Å²) in [5.74, 6) is -0.705. The Morgan fingerprint density at radius 1 is 1.15 bits per heavy atom. The van der Waals surface area contributed by atoms with Crippen LogP contribution in [-0.2, 0) is 29.2 Å². The van der Waals surface area contributed by atoms with Gasteiger partial charge in [-0.25, -0.2) is 0 Å². The van der Waals surface area contributed by atoms with Gasteiger partial charge < -0.3 is 15.1 Å². The van der Waals surface area contributed by atoms with E-state index in [1.807, 2.05) is 35.2 Å². The number of aliphatic hydroxyl groups is 1. The molecule has 1 aromatic heterocycles. The molecule has 1 aliphatic rings. The molecule has 1 atom stereocenters. The van der Waals surface area contributed by atoms with Crippen molar-refractivity contribution in [2.75, 3.05) is 13.1 Å². The number of hydrogen-bond acceptors (Lipinski definition) is 4. The van der Waals surface area contributed by atoms with Crippen LogP contribution in [0.4, 0.5) is 0 Å². The summed E-state index contributed by atoms with van der Waals surface area (Å²) in [7, 11) is 0. The highest BCUT2D eigenvalue weighted by molar-refractivity contribution is 5.79. The van der Waals surface area contributed by atoms with E-state index in [1.54, 1.807) is 6.20 Å². The SMILES string of the molecule is O=C(O)Cn1ccc([C@@H]2CCCN(C(=O)Cc3ccc(CO)cc3)C2)n1. The standard InChI is InChI=1S/C19H23N3O4/c23-13-15-5-3-14(4-6-15)10-18(24)21-8-1-2-16(11-21)17-7-9-22(20-17)12-19(25)26/h3-7,9,16,23H,1-2,8,10-13H2,(H,25,26)/t16-/m1/s1. The second-order valence-corrected chi connectivity index (χ2v) is 6.66. The summed E-state index contributed by atoms with van der Waals surface area (Å²) in [5, 5.41) is 22.3. The molecule has 0 unspecified atom stereocenters. The van der Waals surface area contributed by atoms with E-state index in [0.29, 0.717) is 13.0 Å². The Morgan fingerprint density at radius 3 is 2.58 bits per heavy atom. The lowest BCUT2D eigenvalue weighted by Gasteiger charge is -2.32. The lowest BCUT2D eigenvalue weighted by molar-refractivity contribution is -0.138. The van der Waals surface area contributed by atoms with Crippen molar-refractivity contribution in [3.8, 4) is 0 Å². The highest BCUT2D eigenvalue weighted by atomic mass is 16.4. The van der Waals surface area contributed by atoms with E-state index < -0.39 is 5.97 Å². The molecule has 26 heavy (non-hydrogen) atoms. The van der Waals surface area contributed by atoms with E-state index in [4.69, 9.17) is 10.2 Å². The third kappa shape index (κ3) is 4.49. The van der Waals surface area contributed by atoms with E-state index in [2.05, 4.69) is 5.10 Å². The number of hydrogen-bond donors (Lipinski definition) is 2. The zero-order valence-corrected chi connectivity index (χ0v) is 14.5. The van der Waals surface area contributed by atoms with Gasteiger partial charge in [-0.15, -0.1) is 0 Å². The number of rotatable bonds is 6. The molecule has 1 saturated heterocycles. The molecule has 7 nitrogen and oxygen atoms in total. The van der Waals surface area contributed by atoms with Gasteiger partial charge in [-0.2, -0.15) is 5.10 Å². The third-order valence-electron chi connectivity index (χ3n) is 4.71. The van der Waals surface area contributed by atoms with Crippen LogP contribution in [0.25, 0.3) is 0 Å². The zero-order valence-electron chi connectivity index (χ0n) is 14.5. The minimum atomic E-state index is -0.924. The molecule has 7 heteroatoms. The molecule has 2 aromatic rings. The minimum Gasteiger partial charge on any atom is -0.480 e. The lowest BCUT2D eigenvalue weighted by Crippen LogP contribution is -2.40. The first-order valence-electron chi connectivity index (χ1n) is 8.76. The second kappa shape index (κ2) is 8.14. The predicted octanol–water partition coefficient (Wildman–Crippen LogP) is 1.41.